The van der Waals surface area contributed by atoms with E-state index in [1.807, 2.05) is 39.0 Å². The summed E-state index contributed by atoms with van der Waals surface area (Å²) in [5.74, 6) is -1.54. The number of anilines is 2. The van der Waals surface area contributed by atoms with Gasteiger partial charge in [-0.05, 0) is 56.2 Å². The zero-order chi connectivity index (χ0) is 19.3. The summed E-state index contributed by atoms with van der Waals surface area (Å²) in [4.78, 5) is 23.2. The first-order valence-electron chi connectivity index (χ1n) is 7.91. The maximum absolute atomic E-state index is 12.4. The molecule has 0 aliphatic carbocycles. The van der Waals surface area contributed by atoms with E-state index < -0.39 is 11.9 Å². The Balaban J connectivity index is 2.15. The number of carbonyl (C=O) groups excluding carboxylic acids is 1. The van der Waals surface area contributed by atoms with Crippen LogP contribution in [0.25, 0.3) is 0 Å². The van der Waals surface area contributed by atoms with Gasteiger partial charge in [-0.2, -0.15) is 5.26 Å². The van der Waals surface area contributed by atoms with Crippen LogP contribution < -0.4 is 10.6 Å². The van der Waals surface area contributed by atoms with Crippen molar-refractivity contribution < 1.29 is 14.7 Å². The Morgan fingerprint density at radius 1 is 1.08 bits per heavy atom. The lowest BCUT2D eigenvalue weighted by Gasteiger charge is -2.12. The molecule has 0 fully saturated rings. The van der Waals surface area contributed by atoms with Gasteiger partial charge in [-0.1, -0.05) is 17.7 Å². The second kappa shape index (κ2) is 7.99. The van der Waals surface area contributed by atoms with E-state index in [0.717, 1.165) is 16.7 Å². The van der Waals surface area contributed by atoms with Crippen molar-refractivity contribution in [1.29, 1.82) is 5.26 Å². The smallest absolute Gasteiger partial charge is 0.335 e. The molecule has 0 spiro atoms. The molecule has 0 aliphatic heterocycles. The fourth-order valence-corrected chi connectivity index (χ4v) is 2.57. The topological polar surface area (TPSA) is 102 Å². The number of nitrogens with zero attached hydrogens (tertiary/aromatic N) is 1. The molecule has 0 radical (unpaired) electrons. The quantitative estimate of drug-likeness (QED) is 0.563. The Labute approximate surface area is 151 Å². The van der Waals surface area contributed by atoms with Crippen LogP contribution >= 0.6 is 0 Å². The van der Waals surface area contributed by atoms with Crippen LogP contribution in [0.3, 0.4) is 0 Å². The number of amides is 1. The van der Waals surface area contributed by atoms with E-state index in [1.165, 1.54) is 18.3 Å². The predicted molar refractivity (Wildman–Crippen MR) is 100 cm³/mol. The summed E-state index contributed by atoms with van der Waals surface area (Å²) in [6.07, 6.45) is 1.30. The van der Waals surface area contributed by atoms with Crippen molar-refractivity contribution in [3.8, 4) is 6.07 Å². The van der Waals surface area contributed by atoms with Gasteiger partial charge in [-0.15, -0.1) is 0 Å². The molecule has 2 aromatic carbocycles. The average molecular weight is 349 g/mol. The second-order valence-electron chi connectivity index (χ2n) is 5.92. The summed E-state index contributed by atoms with van der Waals surface area (Å²) in [5, 5.41) is 23.7. The highest BCUT2D eigenvalue weighted by Crippen LogP contribution is 2.22. The standard InChI is InChI=1S/C20H19N3O3/c1-12-8-13(2)18(14(3)9-12)23-19(24)16(10-21)11-22-17-6-4-15(5-7-17)20(25)26/h4-9,11,22H,1-3H3,(H,23,24)(H,25,26)/b16-11-. The number of carboxylic acids is 1. The van der Waals surface area contributed by atoms with Gasteiger partial charge < -0.3 is 15.7 Å². The van der Waals surface area contributed by atoms with Gasteiger partial charge in [-0.25, -0.2) is 4.79 Å². The van der Waals surface area contributed by atoms with Crippen LogP contribution in [0.15, 0.2) is 48.2 Å². The van der Waals surface area contributed by atoms with Crippen molar-refractivity contribution >= 4 is 23.3 Å². The molecular weight excluding hydrogens is 330 g/mol. The number of rotatable bonds is 5. The number of benzene rings is 2. The van der Waals surface area contributed by atoms with Gasteiger partial charge >= 0.3 is 5.97 Å². The number of hydrogen-bond acceptors (Lipinski definition) is 4. The highest BCUT2D eigenvalue weighted by molar-refractivity contribution is 6.07. The molecule has 0 unspecified atom stereocenters. The molecule has 0 heterocycles. The highest BCUT2D eigenvalue weighted by Gasteiger charge is 2.13. The SMILES string of the molecule is Cc1cc(C)c(NC(=O)/C(C#N)=C\Nc2ccc(C(=O)O)cc2)c(C)c1. The fourth-order valence-electron chi connectivity index (χ4n) is 2.57. The first-order valence-corrected chi connectivity index (χ1v) is 7.91. The molecule has 132 valence electrons. The van der Waals surface area contributed by atoms with Crippen molar-refractivity contribution in [3.05, 3.63) is 70.4 Å². The number of nitrogens with one attached hydrogen (secondary N) is 2. The maximum Gasteiger partial charge on any atom is 0.335 e. The van der Waals surface area contributed by atoms with E-state index in [-0.39, 0.29) is 11.1 Å². The molecule has 0 aliphatic rings. The molecule has 0 saturated carbocycles. The van der Waals surface area contributed by atoms with E-state index in [1.54, 1.807) is 12.1 Å². The molecular formula is C20H19N3O3. The van der Waals surface area contributed by atoms with E-state index in [9.17, 15) is 14.9 Å². The third kappa shape index (κ3) is 4.48. The summed E-state index contributed by atoms with van der Waals surface area (Å²) in [6, 6.07) is 11.8. The lowest BCUT2D eigenvalue weighted by Crippen LogP contribution is -2.16. The average Bonchev–Trinajstić information content (AvgIpc) is 2.59. The molecule has 3 N–H and O–H groups in total. The van der Waals surface area contributed by atoms with Crippen LogP contribution in [0.2, 0.25) is 0 Å². The summed E-state index contributed by atoms with van der Waals surface area (Å²) >= 11 is 0. The lowest BCUT2D eigenvalue weighted by molar-refractivity contribution is -0.112. The van der Waals surface area contributed by atoms with Crippen LogP contribution in [-0.4, -0.2) is 17.0 Å². The number of nitriles is 1. The van der Waals surface area contributed by atoms with Crippen molar-refractivity contribution in [2.45, 2.75) is 20.8 Å². The fraction of sp³-hybridized carbons (Fsp3) is 0.150. The summed E-state index contributed by atoms with van der Waals surface area (Å²) in [7, 11) is 0. The zero-order valence-corrected chi connectivity index (χ0v) is 14.8. The Hall–Kier alpha value is -3.59. The van der Waals surface area contributed by atoms with Gasteiger partial charge in [0.2, 0.25) is 0 Å². The number of carboxylic acid groups (broad SMARTS) is 1. The monoisotopic (exact) mass is 349 g/mol. The van der Waals surface area contributed by atoms with Gasteiger partial charge in [0.25, 0.3) is 5.91 Å². The van der Waals surface area contributed by atoms with Gasteiger partial charge in [0.15, 0.2) is 0 Å². The second-order valence-corrected chi connectivity index (χ2v) is 5.92. The van der Waals surface area contributed by atoms with Crippen LogP contribution in [0.5, 0.6) is 0 Å². The number of aromatic carboxylic acids is 1. The molecule has 26 heavy (non-hydrogen) atoms. The first-order chi connectivity index (χ1) is 12.3. The van der Waals surface area contributed by atoms with Crippen molar-refractivity contribution in [2.75, 3.05) is 10.6 Å². The Bertz CT molecular complexity index is 899. The van der Waals surface area contributed by atoms with Crippen LogP contribution in [0.4, 0.5) is 11.4 Å². The molecule has 0 aromatic heterocycles. The molecule has 6 nitrogen and oxygen atoms in total. The van der Waals surface area contributed by atoms with E-state index in [4.69, 9.17) is 5.11 Å². The van der Waals surface area contributed by atoms with Gasteiger partial charge in [0, 0.05) is 17.6 Å². The highest BCUT2D eigenvalue weighted by atomic mass is 16.4. The summed E-state index contributed by atoms with van der Waals surface area (Å²) in [5.41, 5.74) is 4.26. The largest absolute Gasteiger partial charge is 0.478 e. The van der Waals surface area contributed by atoms with E-state index in [2.05, 4.69) is 10.6 Å². The summed E-state index contributed by atoms with van der Waals surface area (Å²) < 4.78 is 0. The van der Waals surface area contributed by atoms with Crippen LogP contribution in [0, 0.1) is 32.1 Å². The minimum absolute atomic E-state index is 0.0910. The van der Waals surface area contributed by atoms with E-state index >= 15 is 0 Å². The van der Waals surface area contributed by atoms with Crippen molar-refractivity contribution in [1.82, 2.24) is 0 Å². The Morgan fingerprint density at radius 3 is 2.15 bits per heavy atom. The number of aryl methyl sites for hydroxylation is 3. The van der Waals surface area contributed by atoms with Gasteiger partial charge in [0.1, 0.15) is 11.6 Å². The third-order valence-electron chi connectivity index (χ3n) is 3.80. The van der Waals surface area contributed by atoms with Crippen LogP contribution in [0.1, 0.15) is 27.0 Å². The number of carbonyl (C=O) groups is 2. The first kappa shape index (κ1) is 18.7. The normalized spacial score (nSPS) is 10.8. The molecule has 2 rings (SSSR count). The molecule has 0 bridgehead atoms. The summed E-state index contributed by atoms with van der Waals surface area (Å²) in [6.45, 7) is 5.77. The van der Waals surface area contributed by atoms with Gasteiger partial charge in [0.05, 0.1) is 5.56 Å². The Kier molecular flexibility index (Phi) is 5.76. The third-order valence-corrected chi connectivity index (χ3v) is 3.80. The molecule has 1 amide bonds. The number of hydrogen-bond donors (Lipinski definition) is 3. The van der Waals surface area contributed by atoms with Crippen molar-refractivity contribution in [2.24, 2.45) is 0 Å². The zero-order valence-electron chi connectivity index (χ0n) is 14.8. The minimum atomic E-state index is -1.02. The molecule has 0 saturated heterocycles. The molecule has 2 aromatic rings. The predicted octanol–water partition coefficient (Wildman–Crippen LogP) is 3.77. The Morgan fingerprint density at radius 2 is 1.65 bits per heavy atom. The van der Waals surface area contributed by atoms with Crippen molar-refractivity contribution in [3.63, 3.8) is 0 Å². The molecule has 0 atom stereocenters. The van der Waals surface area contributed by atoms with Gasteiger partial charge in [-0.3, -0.25) is 4.79 Å². The minimum Gasteiger partial charge on any atom is -0.478 e. The lowest BCUT2D eigenvalue weighted by atomic mass is 10.0. The molecule has 6 heteroatoms. The maximum atomic E-state index is 12.4. The van der Waals surface area contributed by atoms with Crippen LogP contribution in [-0.2, 0) is 4.79 Å². The van der Waals surface area contributed by atoms with E-state index in [0.29, 0.717) is 11.4 Å².